The van der Waals surface area contributed by atoms with Crippen molar-refractivity contribution in [2.24, 2.45) is 0 Å². The Morgan fingerprint density at radius 2 is 1.20 bits per heavy atom. The summed E-state index contributed by atoms with van der Waals surface area (Å²) in [6.07, 6.45) is 0. The Kier molecular flexibility index (Phi) is 13.6. The van der Waals surface area contributed by atoms with Gasteiger partial charge < -0.3 is 9.47 Å². The number of nitro groups is 1. The second kappa shape index (κ2) is 17.8. The van der Waals surface area contributed by atoms with Crippen molar-refractivity contribution in [3.8, 4) is 11.5 Å². The van der Waals surface area contributed by atoms with Crippen LogP contribution in [0.3, 0.4) is 0 Å². The fraction of sp³-hybridized carbons (Fsp3) is 0.0667. The molecule has 0 atom stereocenters. The lowest BCUT2D eigenvalue weighted by atomic mass is 10.2. The van der Waals surface area contributed by atoms with Gasteiger partial charge in [-0.2, -0.15) is 0 Å². The Labute approximate surface area is 276 Å². The molecule has 0 saturated heterocycles. The molecule has 4 aromatic rings. The Morgan fingerprint density at radius 1 is 0.630 bits per heavy atom. The van der Waals surface area contributed by atoms with Gasteiger partial charge in [-0.1, -0.05) is 59.1 Å². The van der Waals surface area contributed by atoms with Crippen LogP contribution in [0.2, 0.25) is 15.1 Å². The van der Waals surface area contributed by atoms with Gasteiger partial charge in [0.05, 0.1) is 9.95 Å². The Hall–Kier alpha value is -5.37. The summed E-state index contributed by atoms with van der Waals surface area (Å²) >= 11 is 17.4. The van der Waals surface area contributed by atoms with Crippen LogP contribution in [0.25, 0.3) is 0 Å². The van der Waals surface area contributed by atoms with E-state index in [1.54, 1.807) is 66.7 Å². The number of ether oxygens (including phenoxy) is 2. The smallest absolute Gasteiger partial charge is 0.276 e. The van der Waals surface area contributed by atoms with Gasteiger partial charge in [0.1, 0.15) is 11.5 Å². The number of halogens is 3. The lowest BCUT2D eigenvalue weighted by molar-refractivity contribution is -0.384. The van der Waals surface area contributed by atoms with Crippen LogP contribution in [-0.4, -0.2) is 41.8 Å². The lowest BCUT2D eigenvalue weighted by Crippen LogP contribution is -2.43. The molecule has 0 spiro atoms. The molecule has 4 amide bonds. The van der Waals surface area contributed by atoms with E-state index in [0.29, 0.717) is 32.1 Å². The summed E-state index contributed by atoms with van der Waals surface area (Å²) in [5.74, 6) is -1.44. The van der Waals surface area contributed by atoms with E-state index in [1.165, 1.54) is 24.3 Å². The van der Waals surface area contributed by atoms with Crippen molar-refractivity contribution in [3.63, 3.8) is 0 Å². The third-order valence-corrected chi connectivity index (χ3v) is 6.20. The molecule has 0 aliphatic carbocycles. The van der Waals surface area contributed by atoms with Gasteiger partial charge in [-0.15, -0.1) is 0 Å². The molecule has 0 heterocycles. The molecule has 0 unspecified atom stereocenters. The van der Waals surface area contributed by atoms with Crippen molar-refractivity contribution in [2.45, 2.75) is 0 Å². The Balaban J connectivity index is 0.000000251. The van der Waals surface area contributed by atoms with Crippen molar-refractivity contribution in [2.75, 3.05) is 13.2 Å². The average Bonchev–Trinajstić information content (AvgIpc) is 3.06. The van der Waals surface area contributed by atoms with Crippen LogP contribution in [0.4, 0.5) is 5.69 Å². The van der Waals surface area contributed by atoms with E-state index in [2.05, 4.69) is 21.7 Å². The molecule has 238 valence electrons. The molecule has 0 saturated carbocycles. The van der Waals surface area contributed by atoms with Gasteiger partial charge in [-0.3, -0.25) is 51.0 Å². The first-order chi connectivity index (χ1) is 22.0. The van der Waals surface area contributed by atoms with Crippen LogP contribution in [0.15, 0.2) is 97.1 Å². The molecule has 0 aliphatic heterocycles. The normalized spacial score (nSPS) is 9.89. The van der Waals surface area contributed by atoms with Crippen molar-refractivity contribution in [1.82, 2.24) is 21.7 Å². The van der Waals surface area contributed by atoms with E-state index >= 15 is 0 Å². The number of nitro benzene ring substituents is 1. The average molecular weight is 689 g/mol. The molecule has 4 aromatic carbocycles. The molecule has 0 bridgehead atoms. The Bertz CT molecular complexity index is 1690. The number of hydrogen-bond donors (Lipinski definition) is 4. The van der Waals surface area contributed by atoms with Crippen LogP contribution in [0.5, 0.6) is 11.5 Å². The predicted molar refractivity (Wildman–Crippen MR) is 170 cm³/mol. The highest BCUT2D eigenvalue weighted by molar-refractivity contribution is 6.35. The number of carbonyl (C=O) groups is 4. The number of non-ortho nitro benzene ring substituents is 1. The molecule has 0 radical (unpaired) electrons. The summed E-state index contributed by atoms with van der Waals surface area (Å²) < 4.78 is 10.4. The second-order valence-corrected chi connectivity index (χ2v) is 10.1. The lowest BCUT2D eigenvalue weighted by Gasteiger charge is -2.10. The van der Waals surface area contributed by atoms with E-state index in [0.717, 1.165) is 6.07 Å². The van der Waals surface area contributed by atoms with Gasteiger partial charge in [0.2, 0.25) is 0 Å². The maximum Gasteiger partial charge on any atom is 0.276 e. The first kappa shape index (κ1) is 35.1. The minimum Gasteiger partial charge on any atom is -0.484 e. The van der Waals surface area contributed by atoms with Gasteiger partial charge in [0.15, 0.2) is 13.2 Å². The van der Waals surface area contributed by atoms with Crippen molar-refractivity contribution >= 4 is 64.1 Å². The van der Waals surface area contributed by atoms with Crippen molar-refractivity contribution < 1.29 is 33.6 Å². The predicted octanol–water partition coefficient (Wildman–Crippen LogP) is 4.92. The van der Waals surface area contributed by atoms with Gasteiger partial charge in [0, 0.05) is 33.3 Å². The summed E-state index contributed by atoms with van der Waals surface area (Å²) in [4.78, 5) is 56.8. The number of hydrazine groups is 2. The number of carbonyl (C=O) groups excluding carboxylic acids is 4. The molecule has 13 nitrogen and oxygen atoms in total. The quantitative estimate of drug-likeness (QED) is 0.141. The van der Waals surface area contributed by atoms with Crippen LogP contribution in [0, 0.1) is 10.1 Å². The minimum absolute atomic E-state index is 0.0446. The number of benzene rings is 4. The van der Waals surface area contributed by atoms with Gasteiger partial charge >= 0.3 is 0 Å². The topological polar surface area (TPSA) is 178 Å². The standard InChI is InChI=1S/C15H12Cl2N2O3.C15H12ClN3O5/c16-11-6-7-13(12(17)8-11)22-9-14(20)18-19-15(21)10-4-2-1-3-5-10;16-11-4-6-13(7-5-11)24-9-14(20)17-18-15(21)10-2-1-3-12(8-10)19(22)23/h1-8H,9H2,(H,18,20)(H,19,21);1-8H,9H2,(H,17,20)(H,18,21). The molecule has 16 heteroatoms. The van der Waals surface area contributed by atoms with Crippen LogP contribution >= 0.6 is 34.8 Å². The zero-order valence-electron chi connectivity index (χ0n) is 23.5. The third kappa shape index (κ3) is 12.0. The summed E-state index contributed by atoms with van der Waals surface area (Å²) in [5, 5.41) is 12.0. The molecule has 4 N–H and O–H groups in total. The molecule has 46 heavy (non-hydrogen) atoms. The highest BCUT2D eigenvalue weighted by Crippen LogP contribution is 2.27. The monoisotopic (exact) mass is 687 g/mol. The molecular weight excluding hydrogens is 665 g/mol. The minimum atomic E-state index is -0.682. The van der Waals surface area contributed by atoms with Crippen LogP contribution in [0.1, 0.15) is 20.7 Å². The molecule has 0 aromatic heterocycles. The third-order valence-electron chi connectivity index (χ3n) is 5.42. The van der Waals surface area contributed by atoms with E-state index in [-0.39, 0.29) is 24.5 Å². The summed E-state index contributed by atoms with van der Waals surface area (Å²) in [7, 11) is 0. The van der Waals surface area contributed by atoms with E-state index in [4.69, 9.17) is 44.3 Å². The zero-order valence-corrected chi connectivity index (χ0v) is 25.8. The second-order valence-electron chi connectivity index (χ2n) is 8.78. The van der Waals surface area contributed by atoms with E-state index in [9.17, 15) is 29.3 Å². The number of nitrogens with one attached hydrogen (secondary N) is 4. The van der Waals surface area contributed by atoms with Gasteiger partial charge in [0.25, 0.3) is 29.3 Å². The maximum absolute atomic E-state index is 11.8. The van der Waals surface area contributed by atoms with Crippen LogP contribution in [-0.2, 0) is 9.59 Å². The van der Waals surface area contributed by atoms with E-state index in [1.807, 2.05) is 0 Å². The molecule has 0 fully saturated rings. The number of rotatable bonds is 9. The fourth-order valence-electron chi connectivity index (χ4n) is 3.23. The summed E-state index contributed by atoms with van der Waals surface area (Å²) in [6.45, 7) is -0.618. The molecular formula is C30H24Cl3N5O8. The zero-order chi connectivity index (χ0) is 33.5. The maximum atomic E-state index is 11.8. The number of amides is 4. The van der Waals surface area contributed by atoms with Crippen molar-refractivity contribution in [3.05, 3.63) is 133 Å². The Morgan fingerprint density at radius 3 is 1.80 bits per heavy atom. The fourth-order valence-corrected chi connectivity index (χ4v) is 3.82. The first-order valence-corrected chi connectivity index (χ1v) is 14.1. The largest absolute Gasteiger partial charge is 0.484 e. The van der Waals surface area contributed by atoms with Crippen LogP contribution < -0.4 is 31.2 Å². The number of hydrogen-bond acceptors (Lipinski definition) is 8. The molecule has 4 rings (SSSR count). The highest BCUT2D eigenvalue weighted by Gasteiger charge is 2.13. The summed E-state index contributed by atoms with van der Waals surface area (Å²) in [5.41, 5.74) is 9.09. The molecule has 0 aliphatic rings. The highest BCUT2D eigenvalue weighted by atomic mass is 35.5. The number of nitrogens with zero attached hydrogens (tertiary/aromatic N) is 1. The van der Waals surface area contributed by atoms with Crippen molar-refractivity contribution in [1.29, 1.82) is 0 Å². The van der Waals surface area contributed by atoms with Gasteiger partial charge in [-0.05, 0) is 60.7 Å². The summed E-state index contributed by atoms with van der Waals surface area (Å²) in [6, 6.07) is 24.7. The van der Waals surface area contributed by atoms with E-state index < -0.39 is 28.6 Å². The first-order valence-electron chi connectivity index (χ1n) is 13.0. The van der Waals surface area contributed by atoms with Gasteiger partial charge in [-0.25, -0.2) is 0 Å². The SMILES string of the molecule is O=C(COc1ccc(Cl)cc1)NNC(=O)c1cccc([N+](=O)[O-])c1.O=C(COc1ccc(Cl)cc1Cl)NNC(=O)c1ccccc1.